The molecule has 0 aliphatic carbocycles. The number of halogens is 1. The molecule has 0 saturated carbocycles. The summed E-state index contributed by atoms with van der Waals surface area (Å²) >= 11 is 2.24. The first kappa shape index (κ1) is 13.9. The van der Waals surface area contributed by atoms with E-state index in [1.54, 1.807) is 25.3 Å². The number of carbonyl (C=O) groups is 1. The summed E-state index contributed by atoms with van der Waals surface area (Å²) in [7, 11) is 1.60. The molecule has 0 heterocycles. The van der Waals surface area contributed by atoms with E-state index in [1.807, 2.05) is 24.3 Å². The zero-order valence-corrected chi connectivity index (χ0v) is 12.6. The van der Waals surface area contributed by atoms with Crippen LogP contribution >= 0.6 is 22.6 Å². The molecule has 98 valence electrons. The predicted octanol–water partition coefficient (Wildman–Crippen LogP) is 3.69. The van der Waals surface area contributed by atoms with Gasteiger partial charge in [-0.2, -0.15) is 0 Å². The van der Waals surface area contributed by atoms with Gasteiger partial charge < -0.3 is 9.47 Å². The lowest BCUT2D eigenvalue weighted by molar-refractivity contribution is 0.112. The summed E-state index contributed by atoms with van der Waals surface area (Å²) in [5.74, 6) is 1.51. The summed E-state index contributed by atoms with van der Waals surface area (Å²) in [6, 6.07) is 13.1. The lowest BCUT2D eigenvalue weighted by Crippen LogP contribution is -2.00. The average molecular weight is 368 g/mol. The lowest BCUT2D eigenvalue weighted by atomic mass is 10.1. The van der Waals surface area contributed by atoms with E-state index in [0.29, 0.717) is 12.2 Å². The Balaban J connectivity index is 2.13. The Hall–Kier alpha value is -1.56. The fourth-order valence-electron chi connectivity index (χ4n) is 1.68. The molecule has 0 spiro atoms. The van der Waals surface area contributed by atoms with E-state index in [1.165, 1.54) is 0 Å². The monoisotopic (exact) mass is 368 g/mol. The molecule has 2 aromatic rings. The van der Waals surface area contributed by atoms with E-state index < -0.39 is 0 Å². The van der Waals surface area contributed by atoms with Crippen molar-refractivity contribution in [3.05, 3.63) is 57.2 Å². The summed E-state index contributed by atoms with van der Waals surface area (Å²) in [6.45, 7) is 0.367. The average Bonchev–Trinajstić information content (AvgIpc) is 2.46. The quantitative estimate of drug-likeness (QED) is 0.597. The van der Waals surface area contributed by atoms with E-state index in [4.69, 9.17) is 9.47 Å². The Bertz CT molecular complexity index is 564. The molecule has 0 aliphatic heterocycles. The number of rotatable bonds is 5. The molecule has 3 nitrogen and oxygen atoms in total. The Kier molecular flexibility index (Phi) is 4.79. The first-order valence-electron chi connectivity index (χ1n) is 5.73. The highest BCUT2D eigenvalue weighted by molar-refractivity contribution is 14.1. The zero-order valence-electron chi connectivity index (χ0n) is 10.4. The van der Waals surface area contributed by atoms with E-state index >= 15 is 0 Å². The molecular formula is C15H13IO3. The first-order valence-corrected chi connectivity index (χ1v) is 6.81. The number of hydrogen-bond donors (Lipinski definition) is 0. The highest BCUT2D eigenvalue weighted by atomic mass is 127. The maximum atomic E-state index is 10.8. The number of methoxy groups -OCH3 is 1. The van der Waals surface area contributed by atoms with Crippen molar-refractivity contribution in [3.63, 3.8) is 0 Å². The van der Waals surface area contributed by atoms with Crippen molar-refractivity contribution in [2.75, 3.05) is 7.11 Å². The van der Waals surface area contributed by atoms with Crippen LogP contribution in [0.25, 0.3) is 0 Å². The molecule has 0 amide bonds. The highest BCUT2D eigenvalue weighted by Gasteiger charge is 2.05. The fourth-order valence-corrected chi connectivity index (χ4v) is 2.04. The van der Waals surface area contributed by atoms with Crippen LogP contribution in [0.1, 0.15) is 15.9 Å². The molecule has 0 aliphatic rings. The van der Waals surface area contributed by atoms with Crippen LogP contribution in [0.2, 0.25) is 0 Å². The minimum absolute atomic E-state index is 0.367. The smallest absolute Gasteiger partial charge is 0.150 e. The van der Waals surface area contributed by atoms with Crippen LogP contribution in [-0.2, 0) is 6.61 Å². The molecule has 0 atom stereocenters. The Morgan fingerprint density at radius 1 is 1.16 bits per heavy atom. The van der Waals surface area contributed by atoms with Gasteiger partial charge in [0, 0.05) is 14.7 Å². The highest BCUT2D eigenvalue weighted by Crippen LogP contribution is 2.22. The fraction of sp³-hybridized carbons (Fsp3) is 0.133. The third-order valence-corrected chi connectivity index (χ3v) is 3.37. The molecule has 0 radical (unpaired) electrons. The molecule has 0 bridgehead atoms. The summed E-state index contributed by atoms with van der Waals surface area (Å²) < 4.78 is 12.1. The second kappa shape index (κ2) is 6.56. The van der Waals surface area contributed by atoms with Gasteiger partial charge in [0.15, 0.2) is 0 Å². The SMILES string of the molecule is COc1ccc(C=O)cc1COc1ccc(I)cc1. The van der Waals surface area contributed by atoms with Gasteiger partial charge in [-0.15, -0.1) is 0 Å². The lowest BCUT2D eigenvalue weighted by Gasteiger charge is -2.11. The molecule has 2 rings (SSSR count). The van der Waals surface area contributed by atoms with Gasteiger partial charge in [0.2, 0.25) is 0 Å². The van der Waals surface area contributed by atoms with Crippen molar-refractivity contribution in [3.8, 4) is 11.5 Å². The largest absolute Gasteiger partial charge is 0.496 e. The van der Waals surface area contributed by atoms with Crippen LogP contribution in [0.15, 0.2) is 42.5 Å². The van der Waals surface area contributed by atoms with Crippen molar-refractivity contribution in [2.24, 2.45) is 0 Å². The van der Waals surface area contributed by atoms with Gasteiger partial charge >= 0.3 is 0 Å². The molecule has 0 saturated heterocycles. The molecule has 0 aromatic heterocycles. The topological polar surface area (TPSA) is 35.5 Å². The normalized spacial score (nSPS) is 10.0. The minimum atomic E-state index is 0.367. The molecule has 4 heteroatoms. The van der Waals surface area contributed by atoms with Crippen LogP contribution in [0.5, 0.6) is 11.5 Å². The summed E-state index contributed by atoms with van der Waals surface area (Å²) in [5.41, 5.74) is 1.47. The summed E-state index contributed by atoms with van der Waals surface area (Å²) in [5, 5.41) is 0. The predicted molar refractivity (Wildman–Crippen MR) is 81.9 cm³/mol. The van der Waals surface area contributed by atoms with Gasteiger partial charge in [-0.25, -0.2) is 0 Å². The van der Waals surface area contributed by atoms with Crippen LogP contribution in [0, 0.1) is 3.57 Å². The van der Waals surface area contributed by atoms with Crippen molar-refractivity contribution >= 4 is 28.9 Å². The number of ether oxygens (including phenoxy) is 2. The second-order valence-corrected chi connectivity index (χ2v) is 5.18. The van der Waals surface area contributed by atoms with Gasteiger partial charge in [0.1, 0.15) is 24.4 Å². The van der Waals surface area contributed by atoms with Crippen molar-refractivity contribution < 1.29 is 14.3 Å². The third-order valence-electron chi connectivity index (χ3n) is 2.65. The molecule has 19 heavy (non-hydrogen) atoms. The van der Waals surface area contributed by atoms with Crippen molar-refractivity contribution in [1.82, 2.24) is 0 Å². The van der Waals surface area contributed by atoms with E-state index in [-0.39, 0.29) is 0 Å². The Morgan fingerprint density at radius 3 is 2.53 bits per heavy atom. The van der Waals surface area contributed by atoms with Gasteiger partial charge in [0.05, 0.1) is 7.11 Å². The number of benzene rings is 2. The van der Waals surface area contributed by atoms with Crippen molar-refractivity contribution in [2.45, 2.75) is 6.61 Å². The maximum absolute atomic E-state index is 10.8. The van der Waals surface area contributed by atoms with E-state index in [9.17, 15) is 4.79 Å². The van der Waals surface area contributed by atoms with E-state index in [2.05, 4.69) is 22.6 Å². The zero-order chi connectivity index (χ0) is 13.7. The Labute approximate surface area is 125 Å². The van der Waals surface area contributed by atoms with Crippen molar-refractivity contribution in [1.29, 1.82) is 0 Å². The molecule has 2 aromatic carbocycles. The third kappa shape index (κ3) is 3.70. The van der Waals surface area contributed by atoms with Gasteiger partial charge in [0.25, 0.3) is 0 Å². The standard InChI is InChI=1S/C15H13IO3/c1-18-15-7-2-11(9-17)8-12(15)10-19-14-5-3-13(16)4-6-14/h2-9H,10H2,1H3. The molecule has 0 unspecified atom stereocenters. The first-order chi connectivity index (χ1) is 9.22. The van der Waals surface area contributed by atoms with Crippen LogP contribution in [-0.4, -0.2) is 13.4 Å². The van der Waals surface area contributed by atoms with Gasteiger partial charge in [-0.05, 0) is 65.1 Å². The number of carbonyl (C=O) groups excluding carboxylic acids is 1. The molecular weight excluding hydrogens is 355 g/mol. The second-order valence-electron chi connectivity index (χ2n) is 3.93. The Morgan fingerprint density at radius 2 is 1.89 bits per heavy atom. The maximum Gasteiger partial charge on any atom is 0.150 e. The molecule has 0 fully saturated rings. The number of aldehydes is 1. The summed E-state index contributed by atoms with van der Waals surface area (Å²) in [6.07, 6.45) is 0.813. The van der Waals surface area contributed by atoms with Crippen LogP contribution in [0.4, 0.5) is 0 Å². The minimum Gasteiger partial charge on any atom is -0.496 e. The van der Waals surface area contributed by atoms with Crippen LogP contribution in [0.3, 0.4) is 0 Å². The van der Waals surface area contributed by atoms with Crippen LogP contribution < -0.4 is 9.47 Å². The van der Waals surface area contributed by atoms with Gasteiger partial charge in [-0.3, -0.25) is 4.79 Å². The molecule has 0 N–H and O–H groups in total. The van der Waals surface area contributed by atoms with E-state index in [0.717, 1.165) is 26.9 Å². The number of hydrogen-bond acceptors (Lipinski definition) is 3. The summed E-state index contributed by atoms with van der Waals surface area (Å²) in [4.78, 5) is 10.8. The van der Waals surface area contributed by atoms with Gasteiger partial charge in [-0.1, -0.05) is 0 Å².